The molecule has 0 saturated carbocycles. The number of carboxylic acid groups (broad SMARTS) is 1. The standard InChI is InChI=1S/C36H49N7O10/c1-20(2)30-34(51)39-24(18-21-9-11-22(44)12-10-21)31(48)37-19-28(45)41-15-3-6-25(41)32(49)38-23(13-14-29(46)47)35(52)43-17-5-8-27(43)36(53)42-16-4-7-26(42)33(50)40-30/h9-12,20,23-27,30,44H,3-8,13-19H2,1-2H3,(H,37,48)(H,38,49)(H,39,51)(H,40,50)(H,46,47). The van der Waals surface area contributed by atoms with E-state index in [0.29, 0.717) is 37.7 Å². The zero-order valence-corrected chi connectivity index (χ0v) is 30.0. The monoisotopic (exact) mass is 739 g/mol. The van der Waals surface area contributed by atoms with Crippen LogP contribution in [0.4, 0.5) is 0 Å². The summed E-state index contributed by atoms with van der Waals surface area (Å²) in [5.41, 5.74) is 0.592. The van der Waals surface area contributed by atoms with E-state index in [4.69, 9.17) is 0 Å². The van der Waals surface area contributed by atoms with Crippen LogP contribution < -0.4 is 21.3 Å². The smallest absolute Gasteiger partial charge is 0.303 e. The van der Waals surface area contributed by atoms with E-state index in [-0.39, 0.29) is 44.6 Å². The summed E-state index contributed by atoms with van der Waals surface area (Å²) in [7, 11) is 0. The largest absolute Gasteiger partial charge is 0.508 e. The van der Waals surface area contributed by atoms with Crippen molar-refractivity contribution in [3.8, 4) is 5.75 Å². The first kappa shape index (κ1) is 39.0. The number of fused-ring (bicyclic) bond motifs is 3. The molecule has 4 aliphatic heterocycles. The minimum Gasteiger partial charge on any atom is -0.508 e. The highest BCUT2D eigenvalue weighted by atomic mass is 16.4. The number of aromatic hydroxyl groups is 1. The number of phenolic OH excluding ortho intramolecular Hbond substituents is 1. The van der Waals surface area contributed by atoms with Gasteiger partial charge in [-0.1, -0.05) is 26.0 Å². The van der Waals surface area contributed by atoms with Gasteiger partial charge in [0, 0.05) is 32.5 Å². The Morgan fingerprint density at radius 3 is 1.89 bits per heavy atom. The van der Waals surface area contributed by atoms with E-state index in [1.165, 1.54) is 26.8 Å². The Kier molecular flexibility index (Phi) is 12.6. The lowest BCUT2D eigenvalue weighted by atomic mass is 10.00. The Labute approximate surface area is 307 Å². The summed E-state index contributed by atoms with van der Waals surface area (Å²) in [5, 5.41) is 29.9. The van der Waals surface area contributed by atoms with Gasteiger partial charge in [-0.3, -0.25) is 38.4 Å². The van der Waals surface area contributed by atoms with Gasteiger partial charge in [-0.2, -0.15) is 0 Å². The van der Waals surface area contributed by atoms with Crippen LogP contribution in [0.15, 0.2) is 24.3 Å². The topological polar surface area (TPSA) is 235 Å². The number of carbonyl (C=O) groups excluding carboxylic acids is 7. The highest BCUT2D eigenvalue weighted by Crippen LogP contribution is 2.27. The molecule has 5 rings (SSSR count). The van der Waals surface area contributed by atoms with Gasteiger partial charge >= 0.3 is 5.97 Å². The Morgan fingerprint density at radius 1 is 0.717 bits per heavy atom. The molecule has 0 spiro atoms. The third kappa shape index (κ3) is 9.24. The van der Waals surface area contributed by atoms with E-state index in [9.17, 15) is 48.6 Å². The Bertz CT molecular complexity index is 1600. The number of phenols is 1. The van der Waals surface area contributed by atoms with Crippen LogP contribution in [0.2, 0.25) is 0 Å². The molecule has 0 aliphatic carbocycles. The van der Waals surface area contributed by atoms with Crippen molar-refractivity contribution < 1.29 is 48.6 Å². The lowest BCUT2D eigenvalue weighted by Gasteiger charge is -2.34. The van der Waals surface area contributed by atoms with Gasteiger partial charge in [-0.25, -0.2) is 0 Å². The number of carbonyl (C=O) groups is 8. The summed E-state index contributed by atoms with van der Waals surface area (Å²) >= 11 is 0. The molecule has 4 aliphatic rings. The van der Waals surface area contributed by atoms with Gasteiger partial charge in [0.2, 0.25) is 41.4 Å². The molecule has 6 N–H and O–H groups in total. The number of nitrogens with one attached hydrogen (secondary N) is 4. The molecule has 0 radical (unpaired) electrons. The molecule has 6 unspecified atom stereocenters. The van der Waals surface area contributed by atoms with Crippen molar-refractivity contribution in [3.05, 3.63) is 29.8 Å². The lowest BCUT2D eigenvalue weighted by molar-refractivity contribution is -0.149. The van der Waals surface area contributed by atoms with Gasteiger partial charge in [0.15, 0.2) is 0 Å². The normalized spacial score (nSPS) is 28.1. The molecule has 17 heteroatoms. The molecule has 1 aromatic carbocycles. The maximum Gasteiger partial charge on any atom is 0.303 e. The number of aliphatic carboxylic acids is 1. The van der Waals surface area contributed by atoms with E-state index in [1.54, 1.807) is 26.0 Å². The fourth-order valence-electron chi connectivity index (χ4n) is 7.62. The van der Waals surface area contributed by atoms with E-state index < -0.39 is 102 Å². The van der Waals surface area contributed by atoms with E-state index in [2.05, 4.69) is 21.3 Å². The molecule has 7 amide bonds. The van der Waals surface area contributed by atoms with Crippen LogP contribution in [0.3, 0.4) is 0 Å². The second-order valence-corrected chi connectivity index (χ2v) is 14.5. The quantitative estimate of drug-likeness (QED) is 0.209. The number of benzene rings is 1. The zero-order chi connectivity index (χ0) is 38.4. The Morgan fingerprint density at radius 2 is 1.26 bits per heavy atom. The van der Waals surface area contributed by atoms with Crippen LogP contribution >= 0.6 is 0 Å². The summed E-state index contributed by atoms with van der Waals surface area (Å²) in [5.74, 6) is -5.85. The minimum absolute atomic E-state index is 0.00388. The third-order valence-electron chi connectivity index (χ3n) is 10.5. The number of amides is 7. The molecule has 53 heavy (non-hydrogen) atoms. The van der Waals surface area contributed by atoms with Gasteiger partial charge in [-0.05, 0) is 68.6 Å². The summed E-state index contributed by atoms with van der Waals surface area (Å²) in [4.78, 5) is 112. The van der Waals surface area contributed by atoms with Gasteiger partial charge in [-0.15, -0.1) is 0 Å². The third-order valence-corrected chi connectivity index (χ3v) is 10.5. The molecule has 288 valence electrons. The second kappa shape index (κ2) is 17.1. The number of nitrogens with zero attached hydrogens (tertiary/aromatic N) is 3. The number of hydrogen-bond donors (Lipinski definition) is 6. The van der Waals surface area contributed by atoms with Crippen LogP contribution in [0.5, 0.6) is 5.75 Å². The zero-order valence-electron chi connectivity index (χ0n) is 30.0. The molecule has 0 bridgehead atoms. The first-order chi connectivity index (χ1) is 25.2. The van der Waals surface area contributed by atoms with E-state index in [0.717, 1.165) is 0 Å². The molecular formula is C36H49N7O10. The number of carboxylic acids is 1. The average molecular weight is 740 g/mol. The average Bonchev–Trinajstić information content (AvgIpc) is 3.92. The highest BCUT2D eigenvalue weighted by molar-refractivity contribution is 5.98. The molecule has 1 aromatic rings. The fraction of sp³-hybridized carbons (Fsp3) is 0.611. The van der Waals surface area contributed by atoms with Crippen LogP contribution in [0.1, 0.15) is 70.8 Å². The van der Waals surface area contributed by atoms with Crippen LogP contribution in [-0.4, -0.2) is 135 Å². The maximum atomic E-state index is 14.1. The lowest BCUT2D eigenvalue weighted by Crippen LogP contribution is -2.59. The molecule has 6 atom stereocenters. The molecule has 4 heterocycles. The summed E-state index contributed by atoms with van der Waals surface area (Å²) in [6, 6.07) is -0.435. The first-order valence-corrected chi connectivity index (χ1v) is 18.3. The summed E-state index contributed by atoms with van der Waals surface area (Å²) in [6.45, 7) is 3.57. The predicted molar refractivity (Wildman–Crippen MR) is 187 cm³/mol. The van der Waals surface area contributed by atoms with Crippen LogP contribution in [-0.2, 0) is 44.8 Å². The highest BCUT2D eigenvalue weighted by Gasteiger charge is 2.45. The fourth-order valence-corrected chi connectivity index (χ4v) is 7.62. The van der Waals surface area contributed by atoms with Gasteiger partial charge < -0.3 is 46.2 Å². The van der Waals surface area contributed by atoms with E-state index >= 15 is 0 Å². The Balaban J connectivity index is 1.48. The van der Waals surface area contributed by atoms with Gasteiger partial charge in [0.05, 0.1) is 6.54 Å². The van der Waals surface area contributed by atoms with Crippen molar-refractivity contribution in [2.45, 2.75) is 108 Å². The predicted octanol–water partition coefficient (Wildman–Crippen LogP) is -0.987. The minimum atomic E-state index is -1.29. The van der Waals surface area contributed by atoms with Crippen molar-refractivity contribution >= 4 is 47.3 Å². The van der Waals surface area contributed by atoms with Crippen molar-refractivity contribution in [3.63, 3.8) is 0 Å². The van der Waals surface area contributed by atoms with Crippen molar-refractivity contribution in [2.24, 2.45) is 5.92 Å². The van der Waals surface area contributed by atoms with E-state index in [1.807, 2.05) is 0 Å². The van der Waals surface area contributed by atoms with Gasteiger partial charge in [0.1, 0.15) is 42.0 Å². The summed E-state index contributed by atoms with van der Waals surface area (Å²) < 4.78 is 0. The molecule has 4 fully saturated rings. The molecular weight excluding hydrogens is 690 g/mol. The molecule has 4 saturated heterocycles. The van der Waals surface area contributed by atoms with Crippen molar-refractivity contribution in [2.75, 3.05) is 26.2 Å². The summed E-state index contributed by atoms with van der Waals surface area (Å²) in [6.07, 6.45) is 1.63. The van der Waals surface area contributed by atoms with Gasteiger partial charge in [0.25, 0.3) is 0 Å². The molecule has 0 aromatic heterocycles. The van der Waals surface area contributed by atoms with Crippen LogP contribution in [0, 0.1) is 5.92 Å². The van der Waals surface area contributed by atoms with Crippen molar-refractivity contribution in [1.82, 2.24) is 36.0 Å². The number of hydrogen-bond acceptors (Lipinski definition) is 9. The van der Waals surface area contributed by atoms with Crippen LogP contribution in [0.25, 0.3) is 0 Å². The first-order valence-electron chi connectivity index (χ1n) is 18.3. The maximum absolute atomic E-state index is 14.1. The molecule has 17 nitrogen and oxygen atoms in total. The van der Waals surface area contributed by atoms with Crippen molar-refractivity contribution in [1.29, 1.82) is 0 Å². The SMILES string of the molecule is CC(C)C1NC(=O)C2CCCN2C(=O)C2CCCN2C(=O)C(CCC(=O)O)NC(=O)C2CCCN2C(=O)CNC(=O)C(Cc2ccc(O)cc2)NC1=O. The Hall–Kier alpha value is -5.22. The number of rotatable bonds is 6. The second-order valence-electron chi connectivity index (χ2n) is 14.5.